The van der Waals surface area contributed by atoms with Gasteiger partial charge in [0.05, 0.1) is 6.61 Å². The molecule has 0 radical (unpaired) electrons. The van der Waals surface area contributed by atoms with E-state index in [9.17, 15) is 0 Å². The van der Waals surface area contributed by atoms with Crippen LogP contribution in [0.1, 0.15) is 45.4 Å². The summed E-state index contributed by atoms with van der Waals surface area (Å²) in [7, 11) is 0. The third-order valence-corrected chi connectivity index (χ3v) is 2.06. The molecule has 0 heterocycles. The molecule has 0 amide bonds. The lowest BCUT2D eigenvalue weighted by Gasteiger charge is -2.01. The van der Waals surface area contributed by atoms with E-state index >= 15 is 0 Å². The van der Waals surface area contributed by atoms with Gasteiger partial charge in [-0.05, 0) is 19.3 Å². The normalized spacial score (nSPS) is 13.8. The summed E-state index contributed by atoms with van der Waals surface area (Å²) < 4.78 is 0. The molecule has 0 rings (SSSR count). The maximum Gasteiger partial charge on any atom is 0.0585 e. The second kappa shape index (κ2) is 9.75. The monoisotopic (exact) mass is 185 g/mol. The molecule has 2 nitrogen and oxygen atoms in total. The van der Waals surface area contributed by atoms with E-state index < -0.39 is 0 Å². The van der Waals surface area contributed by atoms with Crippen molar-refractivity contribution in [2.45, 2.75) is 51.5 Å². The van der Waals surface area contributed by atoms with Crippen LogP contribution >= 0.6 is 0 Å². The Morgan fingerprint density at radius 1 is 1.23 bits per heavy atom. The maximum absolute atomic E-state index is 8.65. The molecule has 0 aliphatic carbocycles. The molecule has 0 bridgehead atoms. The number of hydrogen-bond donors (Lipinski definition) is 2. The van der Waals surface area contributed by atoms with Gasteiger partial charge in [0, 0.05) is 6.04 Å². The van der Waals surface area contributed by atoms with E-state index in [0.717, 1.165) is 12.8 Å². The smallest absolute Gasteiger partial charge is 0.0585 e. The lowest BCUT2D eigenvalue weighted by atomic mass is 10.1. The third kappa shape index (κ3) is 9.57. The Hall–Kier alpha value is -0.340. The van der Waals surface area contributed by atoms with Gasteiger partial charge in [-0.1, -0.05) is 38.3 Å². The summed E-state index contributed by atoms with van der Waals surface area (Å²) >= 11 is 0. The first kappa shape index (κ1) is 12.7. The van der Waals surface area contributed by atoms with Crippen LogP contribution in [-0.4, -0.2) is 17.8 Å². The molecule has 0 aliphatic heterocycles. The van der Waals surface area contributed by atoms with Crippen molar-refractivity contribution in [1.29, 1.82) is 0 Å². The fourth-order valence-corrected chi connectivity index (χ4v) is 1.15. The Labute approximate surface area is 81.8 Å². The van der Waals surface area contributed by atoms with Crippen LogP contribution in [0.2, 0.25) is 0 Å². The van der Waals surface area contributed by atoms with E-state index in [-0.39, 0.29) is 12.6 Å². The minimum Gasteiger partial charge on any atom is -0.395 e. The standard InChI is InChI=1S/C11H23NO/c1-2-3-4-5-6-7-8-9-11(12)10-13/h7-8,11,13H,2-6,9-10,12H2,1H3/b8-7+. The first-order valence-corrected chi connectivity index (χ1v) is 5.32. The molecule has 3 N–H and O–H groups in total. The Morgan fingerprint density at radius 3 is 2.62 bits per heavy atom. The predicted molar refractivity (Wildman–Crippen MR) is 57.6 cm³/mol. The second-order valence-electron chi connectivity index (χ2n) is 3.50. The van der Waals surface area contributed by atoms with E-state index in [4.69, 9.17) is 10.8 Å². The fourth-order valence-electron chi connectivity index (χ4n) is 1.15. The summed E-state index contributed by atoms with van der Waals surface area (Å²) in [5.41, 5.74) is 5.53. The molecular formula is C11H23NO. The van der Waals surface area contributed by atoms with Gasteiger partial charge in [0.2, 0.25) is 0 Å². The lowest BCUT2D eigenvalue weighted by Crippen LogP contribution is -2.22. The van der Waals surface area contributed by atoms with Crippen LogP contribution in [0, 0.1) is 0 Å². The number of hydrogen-bond acceptors (Lipinski definition) is 2. The van der Waals surface area contributed by atoms with Crippen LogP contribution in [0.15, 0.2) is 12.2 Å². The molecule has 0 spiro atoms. The van der Waals surface area contributed by atoms with Gasteiger partial charge in [-0.2, -0.15) is 0 Å². The van der Waals surface area contributed by atoms with Crippen molar-refractivity contribution in [1.82, 2.24) is 0 Å². The van der Waals surface area contributed by atoms with Crippen LogP contribution in [0.5, 0.6) is 0 Å². The largest absolute Gasteiger partial charge is 0.395 e. The molecule has 1 atom stereocenters. The minimum atomic E-state index is -0.0770. The Bertz CT molecular complexity index is 123. The van der Waals surface area contributed by atoms with Gasteiger partial charge in [0.15, 0.2) is 0 Å². The van der Waals surface area contributed by atoms with Gasteiger partial charge >= 0.3 is 0 Å². The van der Waals surface area contributed by atoms with E-state index in [1.165, 1.54) is 25.7 Å². The highest BCUT2D eigenvalue weighted by molar-refractivity contribution is 4.84. The zero-order valence-corrected chi connectivity index (χ0v) is 8.71. The molecule has 78 valence electrons. The summed E-state index contributed by atoms with van der Waals surface area (Å²) in [5.74, 6) is 0. The minimum absolute atomic E-state index is 0.0770. The van der Waals surface area contributed by atoms with E-state index in [1.54, 1.807) is 0 Å². The first-order chi connectivity index (χ1) is 6.31. The SMILES string of the molecule is CCCCCC/C=C/CC(N)CO. The second-order valence-corrected chi connectivity index (χ2v) is 3.50. The number of aliphatic hydroxyl groups is 1. The zero-order chi connectivity index (χ0) is 9.94. The van der Waals surface area contributed by atoms with E-state index in [2.05, 4.69) is 19.1 Å². The van der Waals surface area contributed by atoms with Gasteiger partial charge < -0.3 is 10.8 Å². The lowest BCUT2D eigenvalue weighted by molar-refractivity contribution is 0.266. The van der Waals surface area contributed by atoms with Gasteiger partial charge in [-0.3, -0.25) is 0 Å². The van der Waals surface area contributed by atoms with Crippen LogP contribution in [-0.2, 0) is 0 Å². The van der Waals surface area contributed by atoms with Crippen molar-refractivity contribution in [3.8, 4) is 0 Å². The highest BCUT2D eigenvalue weighted by Crippen LogP contribution is 2.03. The van der Waals surface area contributed by atoms with Crippen LogP contribution in [0.4, 0.5) is 0 Å². The van der Waals surface area contributed by atoms with Crippen molar-refractivity contribution in [3.63, 3.8) is 0 Å². The zero-order valence-electron chi connectivity index (χ0n) is 8.71. The number of rotatable bonds is 8. The van der Waals surface area contributed by atoms with Crippen molar-refractivity contribution >= 4 is 0 Å². The highest BCUT2D eigenvalue weighted by Gasteiger charge is 1.94. The van der Waals surface area contributed by atoms with Crippen LogP contribution in [0.3, 0.4) is 0 Å². The van der Waals surface area contributed by atoms with Crippen molar-refractivity contribution in [2.24, 2.45) is 5.73 Å². The average molecular weight is 185 g/mol. The Balaban J connectivity index is 3.12. The Kier molecular flexibility index (Phi) is 9.49. The Morgan fingerprint density at radius 2 is 2.00 bits per heavy atom. The fraction of sp³-hybridized carbons (Fsp3) is 0.818. The first-order valence-electron chi connectivity index (χ1n) is 5.32. The van der Waals surface area contributed by atoms with Gasteiger partial charge in [0.1, 0.15) is 0 Å². The summed E-state index contributed by atoms with van der Waals surface area (Å²) in [6, 6.07) is -0.0770. The van der Waals surface area contributed by atoms with E-state index in [1.807, 2.05) is 0 Å². The van der Waals surface area contributed by atoms with Crippen LogP contribution < -0.4 is 5.73 Å². The molecule has 2 heteroatoms. The predicted octanol–water partition coefficient (Wildman–Crippen LogP) is 2.22. The topological polar surface area (TPSA) is 46.2 Å². The van der Waals surface area contributed by atoms with Crippen molar-refractivity contribution in [2.75, 3.05) is 6.61 Å². The number of allylic oxidation sites excluding steroid dienone is 1. The van der Waals surface area contributed by atoms with E-state index in [0.29, 0.717) is 0 Å². The molecule has 0 aromatic heterocycles. The molecule has 0 fully saturated rings. The quantitative estimate of drug-likeness (QED) is 0.450. The van der Waals surface area contributed by atoms with Gasteiger partial charge in [-0.25, -0.2) is 0 Å². The van der Waals surface area contributed by atoms with Gasteiger partial charge in [-0.15, -0.1) is 0 Å². The average Bonchev–Trinajstić information content (AvgIpc) is 2.16. The number of unbranched alkanes of at least 4 members (excludes halogenated alkanes) is 4. The highest BCUT2D eigenvalue weighted by atomic mass is 16.3. The molecule has 0 saturated heterocycles. The van der Waals surface area contributed by atoms with Crippen LogP contribution in [0.25, 0.3) is 0 Å². The third-order valence-electron chi connectivity index (χ3n) is 2.06. The molecule has 1 unspecified atom stereocenters. The molecule has 0 saturated carbocycles. The number of aliphatic hydroxyl groups excluding tert-OH is 1. The molecule has 13 heavy (non-hydrogen) atoms. The van der Waals surface area contributed by atoms with Crippen molar-refractivity contribution < 1.29 is 5.11 Å². The summed E-state index contributed by atoms with van der Waals surface area (Å²) in [6.45, 7) is 2.30. The molecule has 0 aromatic rings. The van der Waals surface area contributed by atoms with Gasteiger partial charge in [0.25, 0.3) is 0 Å². The molecular weight excluding hydrogens is 162 g/mol. The summed E-state index contributed by atoms with van der Waals surface area (Å²) in [4.78, 5) is 0. The van der Waals surface area contributed by atoms with Crippen molar-refractivity contribution in [3.05, 3.63) is 12.2 Å². The molecule has 0 aromatic carbocycles. The summed E-state index contributed by atoms with van der Waals surface area (Å²) in [5, 5.41) is 8.65. The maximum atomic E-state index is 8.65. The summed E-state index contributed by atoms with van der Waals surface area (Å²) in [6.07, 6.45) is 11.4. The number of nitrogens with two attached hydrogens (primary N) is 1. The molecule has 0 aliphatic rings.